The van der Waals surface area contributed by atoms with E-state index in [1.54, 1.807) is 0 Å². The average Bonchev–Trinajstić information content (AvgIpc) is 3.10. The highest BCUT2D eigenvalue weighted by Gasteiger charge is 2.30. The van der Waals surface area contributed by atoms with Crippen molar-refractivity contribution in [2.45, 2.75) is 25.7 Å². The first kappa shape index (κ1) is 19.3. The molecular weight excluding hydrogens is 370 g/mol. The van der Waals surface area contributed by atoms with Crippen molar-refractivity contribution in [1.82, 2.24) is 14.4 Å². The van der Waals surface area contributed by atoms with Crippen molar-refractivity contribution in [1.29, 1.82) is 0 Å². The Balaban J connectivity index is 1.44. The molecule has 1 saturated heterocycles. The van der Waals surface area contributed by atoms with Crippen molar-refractivity contribution in [3.8, 4) is 0 Å². The number of hydrogen-bond acceptors (Lipinski definition) is 3. The van der Waals surface area contributed by atoms with Crippen LogP contribution in [0.15, 0.2) is 78.9 Å². The molecule has 1 fully saturated rings. The summed E-state index contributed by atoms with van der Waals surface area (Å²) in [5.41, 5.74) is 3.74. The van der Waals surface area contributed by atoms with Gasteiger partial charge in [0.2, 0.25) is 0 Å². The summed E-state index contributed by atoms with van der Waals surface area (Å²) < 4.78 is 2.35. The Morgan fingerprint density at radius 2 is 1.27 bits per heavy atom. The predicted octanol–water partition coefficient (Wildman–Crippen LogP) is 4.49. The van der Waals surface area contributed by atoms with Crippen LogP contribution in [-0.2, 0) is 6.54 Å². The van der Waals surface area contributed by atoms with Crippen molar-refractivity contribution in [3.05, 3.63) is 84.4 Å². The van der Waals surface area contributed by atoms with E-state index < -0.39 is 6.10 Å². The van der Waals surface area contributed by atoms with E-state index in [0.29, 0.717) is 0 Å². The number of para-hydroxylation sites is 2. The molecule has 1 aliphatic heterocycles. The monoisotopic (exact) mass is 399 g/mol. The van der Waals surface area contributed by atoms with Gasteiger partial charge in [0.05, 0.1) is 17.1 Å². The maximum Gasteiger partial charge on any atom is 0.113 e. The third-order valence-corrected chi connectivity index (χ3v) is 6.34. The summed E-state index contributed by atoms with van der Waals surface area (Å²) in [5.74, 6) is 0. The smallest absolute Gasteiger partial charge is 0.113 e. The molecule has 2 unspecified atom stereocenters. The number of fused-ring (bicyclic) bond motifs is 3. The van der Waals surface area contributed by atoms with Gasteiger partial charge in [0.15, 0.2) is 0 Å². The first-order valence-corrected chi connectivity index (χ1v) is 10.9. The summed E-state index contributed by atoms with van der Waals surface area (Å²) in [6.07, 6.45) is -0.543. The van der Waals surface area contributed by atoms with Gasteiger partial charge in [-0.2, -0.15) is 0 Å². The maximum absolute atomic E-state index is 10.9. The molecule has 0 spiro atoms. The molecule has 1 N–H and O–H groups in total. The zero-order valence-electron chi connectivity index (χ0n) is 17.5. The fourth-order valence-corrected chi connectivity index (χ4v) is 4.95. The van der Waals surface area contributed by atoms with Crippen molar-refractivity contribution in [2.75, 3.05) is 26.2 Å². The van der Waals surface area contributed by atoms with E-state index in [4.69, 9.17) is 0 Å². The van der Waals surface area contributed by atoms with Crippen LogP contribution >= 0.6 is 0 Å². The van der Waals surface area contributed by atoms with Crippen LogP contribution in [0.2, 0.25) is 0 Å². The SMILES string of the molecule is CC(O)C(N1CCN(Cc2ccccc2)CC1)n1c2ccccc2c2ccccc21. The lowest BCUT2D eigenvalue weighted by Gasteiger charge is -2.41. The highest BCUT2D eigenvalue weighted by molar-refractivity contribution is 6.08. The third kappa shape index (κ3) is 3.52. The largest absolute Gasteiger partial charge is 0.390 e. The van der Waals surface area contributed by atoms with Gasteiger partial charge in [-0.3, -0.25) is 9.80 Å². The number of aromatic nitrogens is 1. The van der Waals surface area contributed by atoms with E-state index in [1.165, 1.54) is 27.4 Å². The lowest BCUT2D eigenvalue weighted by Crippen LogP contribution is -2.50. The molecule has 2 atom stereocenters. The number of benzene rings is 3. The van der Waals surface area contributed by atoms with Gasteiger partial charge < -0.3 is 9.67 Å². The molecule has 4 aromatic rings. The second-order valence-electron chi connectivity index (χ2n) is 8.36. The molecule has 1 aliphatic rings. The van der Waals surface area contributed by atoms with E-state index in [-0.39, 0.29) is 6.17 Å². The Morgan fingerprint density at radius 1 is 0.733 bits per heavy atom. The predicted molar refractivity (Wildman–Crippen MR) is 123 cm³/mol. The number of aliphatic hydroxyl groups is 1. The molecule has 0 saturated carbocycles. The van der Waals surface area contributed by atoms with Crippen LogP contribution in [0.25, 0.3) is 21.8 Å². The quantitative estimate of drug-likeness (QED) is 0.536. The van der Waals surface area contributed by atoms with Crippen LogP contribution in [0.4, 0.5) is 0 Å². The number of aliphatic hydroxyl groups excluding tert-OH is 1. The molecule has 4 heteroatoms. The van der Waals surface area contributed by atoms with E-state index >= 15 is 0 Å². The molecule has 0 radical (unpaired) electrons. The van der Waals surface area contributed by atoms with Gasteiger partial charge in [0.1, 0.15) is 6.17 Å². The summed E-state index contributed by atoms with van der Waals surface area (Å²) in [7, 11) is 0. The van der Waals surface area contributed by atoms with E-state index in [9.17, 15) is 5.11 Å². The van der Waals surface area contributed by atoms with E-state index in [1.807, 2.05) is 6.92 Å². The Labute approximate surface area is 177 Å². The van der Waals surface area contributed by atoms with Crippen molar-refractivity contribution < 1.29 is 5.11 Å². The van der Waals surface area contributed by atoms with E-state index in [0.717, 1.165) is 32.7 Å². The minimum absolute atomic E-state index is 0.0753. The number of piperazine rings is 1. The van der Waals surface area contributed by atoms with Crippen molar-refractivity contribution in [3.63, 3.8) is 0 Å². The second-order valence-corrected chi connectivity index (χ2v) is 8.36. The van der Waals surface area contributed by atoms with Crippen LogP contribution in [0.3, 0.4) is 0 Å². The fraction of sp³-hybridized carbons (Fsp3) is 0.308. The van der Waals surface area contributed by atoms with Gasteiger partial charge in [0.25, 0.3) is 0 Å². The molecule has 0 amide bonds. The zero-order valence-corrected chi connectivity index (χ0v) is 17.5. The summed E-state index contributed by atoms with van der Waals surface area (Å²) in [5, 5.41) is 13.4. The van der Waals surface area contributed by atoms with Crippen molar-refractivity contribution >= 4 is 21.8 Å². The molecule has 5 rings (SSSR count). The minimum Gasteiger partial charge on any atom is -0.390 e. The van der Waals surface area contributed by atoms with Crippen LogP contribution in [0.1, 0.15) is 18.7 Å². The highest BCUT2D eigenvalue weighted by Crippen LogP contribution is 2.34. The molecule has 3 aromatic carbocycles. The average molecular weight is 400 g/mol. The van der Waals surface area contributed by atoms with Gasteiger partial charge in [-0.15, -0.1) is 0 Å². The van der Waals surface area contributed by atoms with Gasteiger partial charge in [-0.1, -0.05) is 66.7 Å². The minimum atomic E-state index is -0.468. The molecule has 1 aromatic heterocycles. The first-order valence-electron chi connectivity index (χ1n) is 10.9. The number of nitrogens with zero attached hydrogens (tertiary/aromatic N) is 3. The highest BCUT2D eigenvalue weighted by atomic mass is 16.3. The molecule has 30 heavy (non-hydrogen) atoms. The Morgan fingerprint density at radius 3 is 1.83 bits per heavy atom. The van der Waals surface area contributed by atoms with Crippen LogP contribution in [0, 0.1) is 0 Å². The second kappa shape index (κ2) is 8.23. The van der Waals surface area contributed by atoms with E-state index in [2.05, 4.69) is 93.2 Å². The third-order valence-electron chi connectivity index (χ3n) is 6.34. The maximum atomic E-state index is 10.9. The molecular formula is C26H29N3O. The Bertz CT molecular complexity index is 1070. The number of hydrogen-bond donors (Lipinski definition) is 1. The van der Waals surface area contributed by atoms with Gasteiger partial charge in [-0.05, 0) is 24.6 Å². The first-order chi connectivity index (χ1) is 14.7. The summed E-state index contributed by atoms with van der Waals surface area (Å²) in [6.45, 7) is 6.82. The van der Waals surface area contributed by atoms with Crippen LogP contribution < -0.4 is 0 Å². The topological polar surface area (TPSA) is 31.6 Å². The summed E-state index contributed by atoms with van der Waals surface area (Å²) in [4.78, 5) is 4.96. The summed E-state index contributed by atoms with van der Waals surface area (Å²) in [6, 6.07) is 27.8. The lowest BCUT2D eigenvalue weighted by atomic mass is 10.1. The number of rotatable bonds is 5. The standard InChI is InChI=1S/C26H29N3O/c1-20(30)26(28-17-15-27(16-18-28)19-21-9-3-2-4-10-21)29-24-13-7-5-11-22(24)23-12-6-8-14-25(23)29/h2-14,20,26,30H,15-19H2,1H3. The molecule has 0 aliphatic carbocycles. The molecule has 4 nitrogen and oxygen atoms in total. The fourth-order valence-electron chi connectivity index (χ4n) is 4.95. The summed E-state index contributed by atoms with van der Waals surface area (Å²) >= 11 is 0. The van der Waals surface area contributed by atoms with Gasteiger partial charge in [0, 0.05) is 43.5 Å². The van der Waals surface area contributed by atoms with Crippen LogP contribution in [-0.4, -0.2) is 51.8 Å². The molecule has 154 valence electrons. The normalized spacial score (nSPS) is 18.1. The Hall–Kier alpha value is -2.66. The van der Waals surface area contributed by atoms with Gasteiger partial charge in [-0.25, -0.2) is 0 Å². The lowest BCUT2D eigenvalue weighted by molar-refractivity contribution is -0.00679. The van der Waals surface area contributed by atoms with Crippen LogP contribution in [0.5, 0.6) is 0 Å². The van der Waals surface area contributed by atoms with Gasteiger partial charge >= 0.3 is 0 Å². The molecule has 0 bridgehead atoms. The zero-order chi connectivity index (χ0) is 20.5. The Kier molecular flexibility index (Phi) is 5.30. The molecule has 2 heterocycles. The van der Waals surface area contributed by atoms with Crippen molar-refractivity contribution in [2.24, 2.45) is 0 Å².